The predicted molar refractivity (Wildman–Crippen MR) is 53.1 cm³/mol. The van der Waals surface area contributed by atoms with Gasteiger partial charge < -0.3 is 4.57 Å². The molecule has 1 N–H and O–H groups in total. The van der Waals surface area contributed by atoms with Gasteiger partial charge in [-0.25, -0.2) is 5.48 Å². The summed E-state index contributed by atoms with van der Waals surface area (Å²) in [5, 5.41) is 1.77. The van der Waals surface area contributed by atoms with E-state index in [-0.39, 0.29) is 17.2 Å². The highest BCUT2D eigenvalue weighted by atomic mass is 32.1. The van der Waals surface area contributed by atoms with Gasteiger partial charge in [0.15, 0.2) is 0 Å². The maximum Gasteiger partial charge on any atom is 0.307 e. The maximum absolute atomic E-state index is 11.2. The van der Waals surface area contributed by atoms with E-state index in [1.165, 1.54) is 7.11 Å². The Morgan fingerprint density at radius 3 is 2.93 bits per heavy atom. The first-order chi connectivity index (χ1) is 6.65. The fourth-order valence-electron chi connectivity index (χ4n) is 1.05. The summed E-state index contributed by atoms with van der Waals surface area (Å²) in [6, 6.07) is 0. The first-order valence-corrected chi connectivity index (χ1v) is 5.00. The molecule has 1 aromatic heterocycles. The van der Waals surface area contributed by atoms with Crippen molar-refractivity contribution in [1.29, 1.82) is 0 Å². The Kier molecular flexibility index (Phi) is 3.84. The topological polar surface area (TPSA) is 60.3 Å². The van der Waals surface area contributed by atoms with Crippen LogP contribution in [0.5, 0.6) is 0 Å². The standard InChI is InChI=1S/C8H12N2O3S/c1-6-5-14-8(12)10(6)4-3-7(11)9-13-2/h5H,3-4H2,1-2H3,(H,9,11). The van der Waals surface area contributed by atoms with Crippen molar-refractivity contribution in [2.24, 2.45) is 0 Å². The summed E-state index contributed by atoms with van der Waals surface area (Å²) >= 11 is 1.14. The number of aromatic nitrogens is 1. The lowest BCUT2D eigenvalue weighted by Crippen LogP contribution is -2.25. The first kappa shape index (κ1) is 10.9. The molecule has 0 aliphatic heterocycles. The zero-order chi connectivity index (χ0) is 10.6. The molecule has 0 spiro atoms. The van der Waals surface area contributed by atoms with Gasteiger partial charge in [-0.15, -0.1) is 0 Å². The molecule has 0 atom stereocenters. The molecule has 0 radical (unpaired) electrons. The van der Waals surface area contributed by atoms with Crippen LogP contribution in [0, 0.1) is 6.92 Å². The molecule has 1 heterocycles. The zero-order valence-electron chi connectivity index (χ0n) is 8.07. The van der Waals surface area contributed by atoms with Crippen LogP contribution < -0.4 is 10.4 Å². The van der Waals surface area contributed by atoms with Crippen molar-refractivity contribution in [3.63, 3.8) is 0 Å². The summed E-state index contributed by atoms with van der Waals surface area (Å²) in [5.74, 6) is -0.231. The van der Waals surface area contributed by atoms with Gasteiger partial charge in [0.1, 0.15) is 0 Å². The van der Waals surface area contributed by atoms with E-state index in [0.717, 1.165) is 17.0 Å². The molecule has 1 amide bonds. The van der Waals surface area contributed by atoms with Gasteiger partial charge in [-0.1, -0.05) is 11.3 Å². The molecule has 14 heavy (non-hydrogen) atoms. The van der Waals surface area contributed by atoms with E-state index in [4.69, 9.17) is 0 Å². The highest BCUT2D eigenvalue weighted by Gasteiger charge is 2.05. The third-order valence-corrected chi connectivity index (χ3v) is 2.64. The number of hydrogen-bond donors (Lipinski definition) is 1. The minimum Gasteiger partial charge on any atom is -0.303 e. The molecular weight excluding hydrogens is 204 g/mol. The second-order valence-corrected chi connectivity index (χ2v) is 3.59. The maximum atomic E-state index is 11.2. The number of thiazole rings is 1. The van der Waals surface area contributed by atoms with Crippen molar-refractivity contribution < 1.29 is 9.63 Å². The molecule has 0 unspecified atom stereocenters. The SMILES string of the molecule is CONC(=O)CCn1c(C)csc1=O. The van der Waals surface area contributed by atoms with Crippen LogP contribution >= 0.6 is 11.3 Å². The molecule has 1 rings (SSSR count). The summed E-state index contributed by atoms with van der Waals surface area (Å²) in [6.07, 6.45) is 0.241. The minimum absolute atomic E-state index is 0.0345. The van der Waals surface area contributed by atoms with Crippen LogP contribution in [0.1, 0.15) is 12.1 Å². The van der Waals surface area contributed by atoms with E-state index in [9.17, 15) is 9.59 Å². The van der Waals surface area contributed by atoms with Crippen molar-refractivity contribution in [3.05, 3.63) is 20.7 Å². The molecular formula is C8H12N2O3S. The zero-order valence-corrected chi connectivity index (χ0v) is 8.89. The summed E-state index contributed by atoms with van der Waals surface area (Å²) in [4.78, 5) is 26.7. The van der Waals surface area contributed by atoms with Crippen LogP contribution in [0.3, 0.4) is 0 Å². The molecule has 0 fully saturated rings. The molecule has 0 saturated heterocycles. The number of nitrogens with one attached hydrogen (secondary N) is 1. The second kappa shape index (κ2) is 4.92. The largest absolute Gasteiger partial charge is 0.307 e. The lowest BCUT2D eigenvalue weighted by atomic mass is 10.4. The monoisotopic (exact) mass is 216 g/mol. The average molecular weight is 216 g/mol. The number of hydrogen-bond acceptors (Lipinski definition) is 4. The fourth-order valence-corrected chi connectivity index (χ4v) is 1.81. The number of nitrogens with zero attached hydrogens (tertiary/aromatic N) is 1. The number of amides is 1. The molecule has 0 aromatic carbocycles. The van der Waals surface area contributed by atoms with Crippen LogP contribution in [0.15, 0.2) is 10.2 Å². The first-order valence-electron chi connectivity index (χ1n) is 4.12. The molecule has 1 aromatic rings. The van der Waals surface area contributed by atoms with Gasteiger partial charge in [-0.2, -0.15) is 0 Å². The van der Waals surface area contributed by atoms with E-state index in [0.29, 0.717) is 6.54 Å². The summed E-state index contributed by atoms with van der Waals surface area (Å²) in [7, 11) is 1.37. The van der Waals surface area contributed by atoms with E-state index >= 15 is 0 Å². The smallest absolute Gasteiger partial charge is 0.303 e. The molecule has 0 saturated carbocycles. The van der Waals surface area contributed by atoms with Crippen LogP contribution in [0.2, 0.25) is 0 Å². The summed E-state index contributed by atoms with van der Waals surface area (Å²) in [6.45, 7) is 2.23. The number of carbonyl (C=O) groups is 1. The Morgan fingerprint density at radius 1 is 1.71 bits per heavy atom. The molecule has 0 aliphatic rings. The summed E-state index contributed by atoms with van der Waals surface area (Å²) < 4.78 is 1.57. The molecule has 0 bridgehead atoms. The van der Waals surface area contributed by atoms with Crippen LogP contribution in [0.25, 0.3) is 0 Å². The third-order valence-electron chi connectivity index (χ3n) is 1.75. The molecule has 6 heteroatoms. The highest BCUT2D eigenvalue weighted by Crippen LogP contribution is 2.00. The summed E-state index contributed by atoms with van der Waals surface area (Å²) in [5.41, 5.74) is 3.08. The van der Waals surface area contributed by atoms with Gasteiger partial charge in [0.05, 0.1) is 7.11 Å². The molecule has 78 valence electrons. The van der Waals surface area contributed by atoms with Crippen LogP contribution in [-0.2, 0) is 16.2 Å². The number of aryl methyl sites for hydroxylation is 1. The van der Waals surface area contributed by atoms with Gasteiger partial charge in [-0.05, 0) is 6.92 Å². The van der Waals surface area contributed by atoms with Crippen molar-refractivity contribution in [3.8, 4) is 0 Å². The van der Waals surface area contributed by atoms with Crippen LogP contribution in [0.4, 0.5) is 0 Å². The number of rotatable bonds is 4. The molecule has 5 nitrogen and oxygen atoms in total. The van der Waals surface area contributed by atoms with Gasteiger partial charge in [0, 0.05) is 24.0 Å². The highest BCUT2D eigenvalue weighted by molar-refractivity contribution is 7.07. The Bertz CT molecular complexity index is 369. The Morgan fingerprint density at radius 2 is 2.43 bits per heavy atom. The lowest BCUT2D eigenvalue weighted by Gasteiger charge is -2.03. The van der Waals surface area contributed by atoms with Crippen molar-refractivity contribution in [2.45, 2.75) is 19.9 Å². The third kappa shape index (κ3) is 2.68. The van der Waals surface area contributed by atoms with E-state index in [2.05, 4.69) is 10.3 Å². The Labute approximate surface area is 85.3 Å². The second-order valence-electron chi connectivity index (χ2n) is 2.77. The van der Waals surface area contributed by atoms with E-state index < -0.39 is 0 Å². The van der Waals surface area contributed by atoms with E-state index in [1.807, 2.05) is 6.92 Å². The van der Waals surface area contributed by atoms with Crippen LogP contribution in [-0.4, -0.2) is 17.6 Å². The quantitative estimate of drug-likeness (QED) is 0.736. The van der Waals surface area contributed by atoms with Crippen molar-refractivity contribution in [1.82, 2.24) is 10.0 Å². The number of carbonyl (C=O) groups excluding carboxylic acids is 1. The van der Waals surface area contributed by atoms with Gasteiger partial charge in [0.2, 0.25) is 5.91 Å². The lowest BCUT2D eigenvalue weighted by molar-refractivity contribution is -0.131. The molecule has 0 aliphatic carbocycles. The minimum atomic E-state index is -0.231. The van der Waals surface area contributed by atoms with E-state index in [1.54, 1.807) is 9.95 Å². The van der Waals surface area contributed by atoms with Gasteiger partial charge >= 0.3 is 4.87 Å². The van der Waals surface area contributed by atoms with Gasteiger partial charge in [0.25, 0.3) is 0 Å². The normalized spacial score (nSPS) is 10.1. The fraction of sp³-hybridized carbons (Fsp3) is 0.500. The van der Waals surface area contributed by atoms with Crippen molar-refractivity contribution >= 4 is 17.2 Å². The number of hydroxylamine groups is 1. The van der Waals surface area contributed by atoms with Crippen molar-refractivity contribution in [2.75, 3.05) is 7.11 Å². The predicted octanol–water partition coefficient (Wildman–Crippen LogP) is 0.286. The Hall–Kier alpha value is -1.14. The van der Waals surface area contributed by atoms with Gasteiger partial charge in [-0.3, -0.25) is 14.4 Å². The Balaban J connectivity index is 2.53. The average Bonchev–Trinajstić information content (AvgIpc) is 2.44.